The predicted octanol–water partition coefficient (Wildman–Crippen LogP) is 15.6. The fraction of sp³-hybridized carbons (Fsp3) is 0.0357. The summed E-state index contributed by atoms with van der Waals surface area (Å²) in [7, 11) is 0. The molecule has 58 heavy (non-hydrogen) atoms. The lowest BCUT2D eigenvalue weighted by molar-refractivity contribution is 0.667. The molecule has 0 bridgehead atoms. The van der Waals surface area contributed by atoms with Gasteiger partial charge in [0.05, 0.1) is 5.41 Å². The number of hydrogen-bond acceptors (Lipinski definition) is 2. The van der Waals surface area contributed by atoms with Crippen LogP contribution in [0.1, 0.15) is 27.8 Å². The minimum Gasteiger partial charge on any atom is -0.0894 e. The largest absolute Gasteiger partial charge is 0.0894 e. The molecule has 1 spiro atoms. The molecule has 2 heterocycles. The highest BCUT2D eigenvalue weighted by Gasteiger charge is 2.49. The smallest absolute Gasteiger partial charge is 0.0745 e. The van der Waals surface area contributed by atoms with Crippen molar-refractivity contribution in [2.75, 3.05) is 0 Å². The molecule has 274 valence electrons. The van der Waals surface area contributed by atoms with Crippen molar-refractivity contribution in [1.82, 2.24) is 0 Å². The van der Waals surface area contributed by atoms with Gasteiger partial charge >= 0.3 is 0 Å². The van der Waals surface area contributed by atoms with Gasteiger partial charge in [0.15, 0.2) is 0 Å². The van der Waals surface area contributed by atoms with Gasteiger partial charge in [-0.1, -0.05) is 218 Å². The average molecular weight is 775 g/mol. The fourth-order valence-electron chi connectivity index (χ4n) is 9.46. The number of fused-ring (bicyclic) bond motifs is 8. The van der Waals surface area contributed by atoms with E-state index in [0.29, 0.717) is 0 Å². The molecule has 0 fully saturated rings. The Morgan fingerprint density at radius 3 is 1.17 bits per heavy atom. The summed E-state index contributed by atoms with van der Waals surface area (Å²) in [5, 5.41) is 0. The SMILES string of the molecule is Cc1ccc2c(c1-c1ccc(-c3ccc(-c4ccccc4)c(-c4ccccc4)c3-c3ccccc3)cc1)Sc1ccccc1C21c2ccccc2Sc2ccccc21. The summed E-state index contributed by atoms with van der Waals surface area (Å²) in [6, 6.07) is 78.6. The first-order valence-electron chi connectivity index (χ1n) is 19.9. The summed E-state index contributed by atoms with van der Waals surface area (Å²) in [6.07, 6.45) is 0. The van der Waals surface area contributed by atoms with Crippen LogP contribution in [-0.2, 0) is 5.41 Å². The Morgan fingerprint density at radius 2 is 0.672 bits per heavy atom. The summed E-state index contributed by atoms with van der Waals surface area (Å²) in [6.45, 7) is 2.28. The third kappa shape index (κ3) is 5.47. The maximum atomic E-state index is 2.42. The molecular weight excluding hydrogens is 737 g/mol. The minimum atomic E-state index is -0.434. The molecule has 0 saturated heterocycles. The highest BCUT2D eigenvalue weighted by atomic mass is 32.2. The fourth-order valence-corrected chi connectivity index (χ4v) is 12.1. The van der Waals surface area contributed by atoms with E-state index in [1.807, 2.05) is 23.5 Å². The maximum absolute atomic E-state index is 2.42. The first kappa shape index (κ1) is 34.9. The van der Waals surface area contributed by atoms with Gasteiger partial charge in [-0.05, 0) is 109 Å². The molecule has 0 saturated carbocycles. The van der Waals surface area contributed by atoms with E-state index in [4.69, 9.17) is 0 Å². The summed E-state index contributed by atoms with van der Waals surface area (Å²) >= 11 is 3.82. The lowest BCUT2D eigenvalue weighted by Crippen LogP contribution is -2.36. The van der Waals surface area contributed by atoms with Crippen LogP contribution in [0.2, 0.25) is 0 Å². The molecule has 11 rings (SSSR count). The molecule has 9 aromatic carbocycles. The van der Waals surface area contributed by atoms with Crippen molar-refractivity contribution in [3.63, 3.8) is 0 Å². The van der Waals surface area contributed by atoms with E-state index in [1.165, 1.54) is 103 Å². The second kappa shape index (κ2) is 14.3. The zero-order chi connectivity index (χ0) is 38.6. The molecule has 0 aliphatic carbocycles. The topological polar surface area (TPSA) is 0 Å². The van der Waals surface area contributed by atoms with Gasteiger partial charge in [-0.25, -0.2) is 0 Å². The second-order valence-corrected chi connectivity index (χ2v) is 17.3. The standard InChI is InChI=1S/C56H38S2/c1-37-29-36-48-55(58-51-28-16-13-25-47(51)56(48)45-23-11-14-26-49(45)57-50-27-15-12-24-46(50)56)52(37)42-32-30-39(31-33-42)44-35-34-43(38-17-5-2-6-18-38)53(40-19-7-3-8-20-40)54(44)41-21-9-4-10-22-41/h2-36H,1H3. The number of hydrogen-bond donors (Lipinski definition) is 0. The highest BCUT2D eigenvalue weighted by Crippen LogP contribution is 2.63. The molecule has 0 nitrogen and oxygen atoms in total. The zero-order valence-corrected chi connectivity index (χ0v) is 33.7. The van der Waals surface area contributed by atoms with E-state index in [9.17, 15) is 0 Å². The van der Waals surface area contributed by atoms with Gasteiger partial charge in [0.1, 0.15) is 0 Å². The van der Waals surface area contributed by atoms with Crippen molar-refractivity contribution >= 4 is 23.5 Å². The molecule has 0 aromatic heterocycles. The van der Waals surface area contributed by atoms with Gasteiger partial charge in [-0.2, -0.15) is 0 Å². The lowest BCUT2D eigenvalue weighted by atomic mass is 9.64. The quantitative estimate of drug-likeness (QED) is 0.171. The molecule has 2 aliphatic heterocycles. The van der Waals surface area contributed by atoms with Crippen LogP contribution in [0.5, 0.6) is 0 Å². The van der Waals surface area contributed by atoms with E-state index in [2.05, 4.69) is 219 Å². The van der Waals surface area contributed by atoms with Gasteiger partial charge in [-0.15, -0.1) is 0 Å². The Bertz CT molecular complexity index is 2920. The molecule has 0 amide bonds. The Kier molecular flexibility index (Phi) is 8.57. The molecule has 0 atom stereocenters. The summed E-state index contributed by atoms with van der Waals surface area (Å²) < 4.78 is 0. The van der Waals surface area contributed by atoms with Crippen molar-refractivity contribution in [2.45, 2.75) is 31.9 Å². The predicted molar refractivity (Wildman–Crippen MR) is 245 cm³/mol. The monoisotopic (exact) mass is 774 g/mol. The van der Waals surface area contributed by atoms with Gasteiger partial charge in [-0.3, -0.25) is 0 Å². The van der Waals surface area contributed by atoms with E-state index >= 15 is 0 Å². The van der Waals surface area contributed by atoms with E-state index < -0.39 is 5.41 Å². The van der Waals surface area contributed by atoms with Crippen LogP contribution < -0.4 is 0 Å². The molecule has 0 N–H and O–H groups in total. The van der Waals surface area contributed by atoms with Crippen LogP contribution >= 0.6 is 23.5 Å². The van der Waals surface area contributed by atoms with Crippen LogP contribution in [0.25, 0.3) is 55.6 Å². The summed E-state index contributed by atoms with van der Waals surface area (Å²) in [5.74, 6) is 0. The van der Waals surface area contributed by atoms with Gasteiger partial charge < -0.3 is 0 Å². The van der Waals surface area contributed by atoms with Crippen LogP contribution in [-0.4, -0.2) is 0 Å². The van der Waals surface area contributed by atoms with Gasteiger partial charge in [0.2, 0.25) is 0 Å². The average Bonchev–Trinajstić information content (AvgIpc) is 3.29. The molecule has 2 heteroatoms. The van der Waals surface area contributed by atoms with Crippen molar-refractivity contribution in [1.29, 1.82) is 0 Å². The van der Waals surface area contributed by atoms with Crippen molar-refractivity contribution < 1.29 is 0 Å². The normalized spacial score (nSPS) is 13.3. The summed E-state index contributed by atoms with van der Waals surface area (Å²) in [4.78, 5) is 5.30. The minimum absolute atomic E-state index is 0.434. The van der Waals surface area contributed by atoms with Crippen LogP contribution in [0.15, 0.2) is 232 Å². The van der Waals surface area contributed by atoms with Crippen LogP contribution in [0, 0.1) is 6.92 Å². The number of rotatable bonds is 5. The Hall–Kier alpha value is -6.32. The Balaban J connectivity index is 1.12. The van der Waals surface area contributed by atoms with Gasteiger partial charge in [0, 0.05) is 19.6 Å². The first-order valence-corrected chi connectivity index (χ1v) is 21.6. The lowest BCUT2D eigenvalue weighted by Gasteiger charge is -2.46. The van der Waals surface area contributed by atoms with Crippen molar-refractivity contribution in [3.05, 3.63) is 240 Å². The molecule has 0 unspecified atom stereocenters. The maximum Gasteiger partial charge on any atom is 0.0745 e. The van der Waals surface area contributed by atoms with E-state index in [0.717, 1.165) is 0 Å². The molecule has 2 aliphatic rings. The van der Waals surface area contributed by atoms with E-state index in [1.54, 1.807) is 0 Å². The third-order valence-corrected chi connectivity index (χ3v) is 14.3. The van der Waals surface area contributed by atoms with Crippen LogP contribution in [0.3, 0.4) is 0 Å². The van der Waals surface area contributed by atoms with Crippen molar-refractivity contribution in [3.8, 4) is 55.6 Å². The third-order valence-electron chi connectivity index (χ3n) is 12.0. The zero-order valence-electron chi connectivity index (χ0n) is 32.0. The first-order chi connectivity index (χ1) is 28.7. The van der Waals surface area contributed by atoms with E-state index in [-0.39, 0.29) is 0 Å². The van der Waals surface area contributed by atoms with Crippen molar-refractivity contribution in [2.24, 2.45) is 0 Å². The molecular formula is C56H38S2. The van der Waals surface area contributed by atoms with Crippen LogP contribution in [0.4, 0.5) is 0 Å². The van der Waals surface area contributed by atoms with Gasteiger partial charge in [0.25, 0.3) is 0 Å². The number of benzene rings is 9. The summed E-state index contributed by atoms with van der Waals surface area (Å²) in [5.41, 5.74) is 18.6. The Labute approximate surface area is 349 Å². The number of aryl methyl sites for hydroxylation is 1. The molecule has 0 radical (unpaired) electrons. The second-order valence-electron chi connectivity index (χ2n) is 15.2. The molecule has 9 aromatic rings. The highest BCUT2D eigenvalue weighted by molar-refractivity contribution is 8.00. The Morgan fingerprint density at radius 1 is 0.293 bits per heavy atom.